The number of pyridine rings is 1. The molecular weight excluding hydrogens is 270 g/mol. The lowest BCUT2D eigenvalue weighted by molar-refractivity contribution is 0.0241. The fourth-order valence-corrected chi connectivity index (χ4v) is 3.28. The highest BCUT2D eigenvalue weighted by Gasteiger charge is 2.47. The van der Waals surface area contributed by atoms with Crippen LogP contribution in [0.3, 0.4) is 0 Å². The van der Waals surface area contributed by atoms with E-state index in [4.69, 9.17) is 10.5 Å². The Labute approximate surface area is 121 Å². The van der Waals surface area contributed by atoms with E-state index in [1.165, 1.54) is 0 Å². The first-order valence-corrected chi connectivity index (χ1v) is 7.11. The summed E-state index contributed by atoms with van der Waals surface area (Å²) in [6.07, 6.45) is 4.17. The average molecular weight is 287 g/mol. The van der Waals surface area contributed by atoms with E-state index in [0.717, 1.165) is 12.1 Å². The van der Waals surface area contributed by atoms with Crippen LogP contribution in [0.2, 0.25) is 0 Å². The topological polar surface area (TPSA) is 85.8 Å². The Morgan fingerprint density at radius 1 is 1.48 bits per heavy atom. The van der Waals surface area contributed by atoms with Gasteiger partial charge in [0.25, 0.3) is 5.91 Å². The second kappa shape index (κ2) is 4.51. The Balaban J connectivity index is 1.60. The standard InChI is InChI=1S/C14H17N5O2/c15-14-3-4-21-7-11(14)6-18(8-14)13(20)10-1-2-12-17-16-9-19(12)5-10/h1-2,5,9,11H,3-4,6-8,15H2/t11-,14+/m0/s1. The fraction of sp³-hybridized carbons (Fsp3) is 0.500. The van der Waals surface area contributed by atoms with E-state index in [0.29, 0.717) is 31.9 Å². The molecule has 0 spiro atoms. The number of amides is 1. The highest BCUT2D eigenvalue weighted by atomic mass is 16.5. The van der Waals surface area contributed by atoms with Crippen LogP contribution in [0.5, 0.6) is 0 Å². The van der Waals surface area contributed by atoms with E-state index < -0.39 is 0 Å². The Morgan fingerprint density at radius 2 is 2.38 bits per heavy atom. The molecule has 0 saturated carbocycles. The lowest BCUT2D eigenvalue weighted by atomic mass is 9.84. The highest BCUT2D eigenvalue weighted by molar-refractivity contribution is 5.94. The smallest absolute Gasteiger partial charge is 0.255 e. The maximum absolute atomic E-state index is 12.7. The number of hydrogen-bond donors (Lipinski definition) is 1. The van der Waals surface area contributed by atoms with Gasteiger partial charge >= 0.3 is 0 Å². The summed E-state index contributed by atoms with van der Waals surface area (Å²) in [6, 6.07) is 3.58. The minimum atomic E-state index is -0.297. The molecule has 2 aliphatic rings. The predicted molar refractivity (Wildman–Crippen MR) is 74.7 cm³/mol. The average Bonchev–Trinajstić information content (AvgIpc) is 3.08. The van der Waals surface area contributed by atoms with Gasteiger partial charge in [-0.05, 0) is 18.6 Å². The van der Waals surface area contributed by atoms with Crippen LogP contribution in [0.4, 0.5) is 0 Å². The van der Waals surface area contributed by atoms with Crippen molar-refractivity contribution in [2.24, 2.45) is 11.7 Å². The maximum Gasteiger partial charge on any atom is 0.255 e. The zero-order valence-corrected chi connectivity index (χ0v) is 11.6. The third kappa shape index (κ3) is 2.00. The molecule has 1 amide bonds. The number of ether oxygens (including phenoxy) is 1. The molecule has 2 atom stereocenters. The van der Waals surface area contributed by atoms with Crippen LogP contribution in [0.25, 0.3) is 5.65 Å². The molecule has 2 aromatic rings. The lowest BCUT2D eigenvalue weighted by Crippen LogP contribution is -2.52. The maximum atomic E-state index is 12.7. The molecule has 7 heteroatoms. The predicted octanol–water partition coefficient (Wildman–Crippen LogP) is -0.0809. The van der Waals surface area contributed by atoms with Crippen molar-refractivity contribution in [3.63, 3.8) is 0 Å². The van der Waals surface area contributed by atoms with E-state index in [2.05, 4.69) is 10.2 Å². The van der Waals surface area contributed by atoms with E-state index in [1.807, 2.05) is 4.90 Å². The SMILES string of the molecule is N[C@@]12CCOC[C@@H]1CN(C(=O)c1ccc3nncn3c1)C2. The number of aromatic nitrogens is 3. The van der Waals surface area contributed by atoms with Gasteiger partial charge in [-0.2, -0.15) is 0 Å². The van der Waals surface area contributed by atoms with Gasteiger partial charge in [0, 0.05) is 37.4 Å². The van der Waals surface area contributed by atoms with Gasteiger partial charge in [-0.25, -0.2) is 0 Å². The normalized spacial score (nSPS) is 28.8. The molecule has 2 fully saturated rings. The number of fused-ring (bicyclic) bond motifs is 2. The van der Waals surface area contributed by atoms with Gasteiger partial charge in [-0.15, -0.1) is 10.2 Å². The van der Waals surface area contributed by atoms with Crippen LogP contribution < -0.4 is 5.73 Å². The van der Waals surface area contributed by atoms with Gasteiger partial charge in [0.05, 0.1) is 12.2 Å². The Bertz CT molecular complexity index is 699. The van der Waals surface area contributed by atoms with Crippen molar-refractivity contribution in [2.75, 3.05) is 26.3 Å². The third-order valence-electron chi connectivity index (χ3n) is 4.60. The number of carbonyl (C=O) groups excluding carboxylic acids is 1. The molecule has 0 aliphatic carbocycles. The fourth-order valence-electron chi connectivity index (χ4n) is 3.28. The van der Waals surface area contributed by atoms with Gasteiger partial charge in [0.2, 0.25) is 0 Å². The first-order valence-electron chi connectivity index (χ1n) is 7.11. The van der Waals surface area contributed by atoms with Crippen LogP contribution in [0.1, 0.15) is 16.8 Å². The van der Waals surface area contributed by atoms with Gasteiger partial charge in [0.1, 0.15) is 6.33 Å². The monoisotopic (exact) mass is 287 g/mol. The number of rotatable bonds is 1. The van der Waals surface area contributed by atoms with Gasteiger partial charge in [0.15, 0.2) is 5.65 Å². The molecule has 2 aliphatic heterocycles. The van der Waals surface area contributed by atoms with Crippen LogP contribution in [0, 0.1) is 5.92 Å². The molecule has 0 aromatic carbocycles. The highest BCUT2D eigenvalue weighted by Crippen LogP contribution is 2.32. The molecule has 0 unspecified atom stereocenters. The molecule has 2 aromatic heterocycles. The summed E-state index contributed by atoms with van der Waals surface area (Å²) < 4.78 is 7.24. The zero-order valence-electron chi connectivity index (χ0n) is 11.6. The van der Waals surface area contributed by atoms with E-state index in [1.54, 1.807) is 29.1 Å². The van der Waals surface area contributed by atoms with Crippen molar-refractivity contribution in [1.82, 2.24) is 19.5 Å². The summed E-state index contributed by atoms with van der Waals surface area (Å²) in [5.74, 6) is 0.235. The molecule has 0 bridgehead atoms. The number of hydrogen-bond acceptors (Lipinski definition) is 5. The second-order valence-electron chi connectivity index (χ2n) is 5.95. The summed E-state index contributed by atoms with van der Waals surface area (Å²) in [6.45, 7) is 2.59. The molecule has 0 radical (unpaired) electrons. The molecule has 21 heavy (non-hydrogen) atoms. The minimum absolute atomic E-state index is 0.00447. The first-order chi connectivity index (χ1) is 10.2. The lowest BCUT2D eigenvalue weighted by Gasteiger charge is -2.34. The van der Waals surface area contributed by atoms with E-state index >= 15 is 0 Å². The number of nitrogens with zero attached hydrogens (tertiary/aromatic N) is 4. The second-order valence-corrected chi connectivity index (χ2v) is 5.95. The Kier molecular flexibility index (Phi) is 2.73. The van der Waals surface area contributed by atoms with Crippen LogP contribution >= 0.6 is 0 Å². The van der Waals surface area contributed by atoms with Crippen molar-refractivity contribution in [3.05, 3.63) is 30.2 Å². The van der Waals surface area contributed by atoms with Crippen LogP contribution in [-0.2, 0) is 4.74 Å². The van der Waals surface area contributed by atoms with E-state index in [-0.39, 0.29) is 17.4 Å². The summed E-state index contributed by atoms with van der Waals surface area (Å²) in [7, 11) is 0. The first kappa shape index (κ1) is 12.7. The zero-order chi connectivity index (χ0) is 14.4. The summed E-state index contributed by atoms with van der Waals surface area (Å²) in [5, 5.41) is 7.76. The number of carbonyl (C=O) groups is 1. The molecule has 2 N–H and O–H groups in total. The molecule has 4 rings (SSSR count). The van der Waals surface area contributed by atoms with Crippen molar-refractivity contribution in [3.8, 4) is 0 Å². The molecule has 110 valence electrons. The summed E-state index contributed by atoms with van der Waals surface area (Å²) >= 11 is 0. The summed E-state index contributed by atoms with van der Waals surface area (Å²) in [4.78, 5) is 14.5. The third-order valence-corrected chi connectivity index (χ3v) is 4.60. The summed E-state index contributed by atoms with van der Waals surface area (Å²) in [5.41, 5.74) is 7.51. The number of nitrogens with two attached hydrogens (primary N) is 1. The molecule has 7 nitrogen and oxygen atoms in total. The van der Waals surface area contributed by atoms with Crippen molar-refractivity contribution in [1.29, 1.82) is 0 Å². The molecule has 4 heterocycles. The van der Waals surface area contributed by atoms with Crippen LogP contribution in [0.15, 0.2) is 24.7 Å². The molecular formula is C14H17N5O2. The largest absolute Gasteiger partial charge is 0.381 e. The number of likely N-dealkylation sites (tertiary alicyclic amines) is 1. The Hall–Kier alpha value is -1.99. The van der Waals surface area contributed by atoms with Crippen molar-refractivity contribution >= 4 is 11.6 Å². The van der Waals surface area contributed by atoms with Gasteiger partial charge in [-0.1, -0.05) is 0 Å². The van der Waals surface area contributed by atoms with E-state index in [9.17, 15) is 4.79 Å². The van der Waals surface area contributed by atoms with Gasteiger partial charge in [-0.3, -0.25) is 9.20 Å². The quantitative estimate of drug-likeness (QED) is 0.793. The Morgan fingerprint density at radius 3 is 3.24 bits per heavy atom. The van der Waals surface area contributed by atoms with Crippen LogP contribution in [-0.4, -0.2) is 57.2 Å². The molecule has 2 saturated heterocycles. The minimum Gasteiger partial charge on any atom is -0.381 e. The van der Waals surface area contributed by atoms with Crippen molar-refractivity contribution < 1.29 is 9.53 Å². The van der Waals surface area contributed by atoms with Crippen molar-refractivity contribution in [2.45, 2.75) is 12.0 Å². The van der Waals surface area contributed by atoms with Gasteiger partial charge < -0.3 is 15.4 Å².